The predicted molar refractivity (Wildman–Crippen MR) is 68.5 cm³/mol. The number of aliphatic hydroxyl groups excluding tert-OH is 2. The minimum absolute atomic E-state index is 0.207. The Morgan fingerprint density at radius 1 is 1.06 bits per heavy atom. The van der Waals surface area contributed by atoms with Crippen molar-refractivity contribution in [2.45, 2.75) is 18.7 Å². The van der Waals surface area contributed by atoms with Gasteiger partial charge in [0.05, 0.1) is 12.7 Å². The SMILES string of the molecule is CC(O)C(CO)(NCCN)NCCNCCN. The molecule has 0 fully saturated rings. The summed E-state index contributed by atoms with van der Waals surface area (Å²) >= 11 is 0. The first kappa shape index (κ1) is 16.7. The Hall–Kier alpha value is -0.280. The second-order valence-electron chi connectivity index (χ2n) is 3.99. The van der Waals surface area contributed by atoms with Crippen molar-refractivity contribution in [2.75, 3.05) is 45.9 Å². The molecule has 7 nitrogen and oxygen atoms in total. The lowest BCUT2D eigenvalue weighted by Crippen LogP contribution is -2.67. The van der Waals surface area contributed by atoms with Gasteiger partial charge in [-0.2, -0.15) is 0 Å². The second-order valence-corrected chi connectivity index (χ2v) is 3.99. The maximum Gasteiger partial charge on any atom is 0.119 e. The molecule has 104 valence electrons. The number of hydrogen-bond acceptors (Lipinski definition) is 7. The molecule has 0 aromatic rings. The Morgan fingerprint density at radius 2 is 1.65 bits per heavy atom. The van der Waals surface area contributed by atoms with Crippen molar-refractivity contribution in [1.82, 2.24) is 16.0 Å². The molecular weight excluding hydrogens is 222 g/mol. The van der Waals surface area contributed by atoms with Crippen LogP contribution in [0.2, 0.25) is 0 Å². The second kappa shape index (κ2) is 9.72. The fourth-order valence-electron chi connectivity index (χ4n) is 1.50. The molecule has 0 aliphatic rings. The van der Waals surface area contributed by atoms with Crippen LogP contribution in [0.25, 0.3) is 0 Å². The van der Waals surface area contributed by atoms with E-state index in [1.807, 2.05) is 0 Å². The summed E-state index contributed by atoms with van der Waals surface area (Å²) in [6, 6.07) is 0. The monoisotopic (exact) mass is 249 g/mol. The summed E-state index contributed by atoms with van der Waals surface area (Å²) in [5.41, 5.74) is 9.85. The van der Waals surface area contributed by atoms with Gasteiger partial charge in [-0.05, 0) is 6.92 Å². The van der Waals surface area contributed by atoms with Crippen molar-refractivity contribution in [3.63, 3.8) is 0 Å². The maximum atomic E-state index is 9.73. The van der Waals surface area contributed by atoms with Gasteiger partial charge >= 0.3 is 0 Å². The van der Waals surface area contributed by atoms with Gasteiger partial charge in [-0.25, -0.2) is 0 Å². The third-order valence-corrected chi connectivity index (χ3v) is 2.61. The Morgan fingerprint density at radius 3 is 2.12 bits per heavy atom. The summed E-state index contributed by atoms with van der Waals surface area (Å²) in [6.45, 7) is 5.06. The highest BCUT2D eigenvalue weighted by atomic mass is 16.3. The number of nitrogens with two attached hydrogens (primary N) is 2. The van der Waals surface area contributed by atoms with Crippen LogP contribution in [0.15, 0.2) is 0 Å². The summed E-state index contributed by atoms with van der Waals surface area (Å²) < 4.78 is 0. The average Bonchev–Trinajstić information content (AvgIpc) is 2.32. The molecule has 0 aromatic heterocycles. The van der Waals surface area contributed by atoms with Crippen molar-refractivity contribution in [3.8, 4) is 0 Å². The smallest absolute Gasteiger partial charge is 0.119 e. The molecule has 0 bridgehead atoms. The van der Waals surface area contributed by atoms with Gasteiger partial charge in [0.1, 0.15) is 5.66 Å². The molecule has 9 N–H and O–H groups in total. The van der Waals surface area contributed by atoms with Crippen molar-refractivity contribution in [1.29, 1.82) is 0 Å². The predicted octanol–water partition coefficient (Wildman–Crippen LogP) is -3.26. The number of nitrogens with one attached hydrogen (secondary N) is 3. The third-order valence-electron chi connectivity index (χ3n) is 2.61. The van der Waals surface area contributed by atoms with E-state index in [9.17, 15) is 10.2 Å². The zero-order valence-corrected chi connectivity index (χ0v) is 10.6. The van der Waals surface area contributed by atoms with Gasteiger partial charge in [0, 0.05) is 39.3 Å². The summed E-state index contributed by atoms with van der Waals surface area (Å²) in [4.78, 5) is 0. The fraction of sp³-hybridized carbons (Fsp3) is 1.00. The molecule has 17 heavy (non-hydrogen) atoms. The number of hydrogen-bond donors (Lipinski definition) is 7. The van der Waals surface area contributed by atoms with E-state index in [0.29, 0.717) is 26.2 Å². The lowest BCUT2D eigenvalue weighted by atomic mass is 10.1. The van der Waals surface area contributed by atoms with Crippen LogP contribution in [0, 0.1) is 0 Å². The maximum absolute atomic E-state index is 9.73. The molecular formula is C10H27N5O2. The molecule has 0 saturated heterocycles. The Labute approximate surface area is 103 Å². The molecule has 0 amide bonds. The normalized spacial score (nSPS) is 16.8. The average molecular weight is 249 g/mol. The standard InChI is InChI=1S/C10H27N5O2/c1-9(17)10(8-16,14-5-3-12)15-7-6-13-4-2-11/h9,13-17H,2-8,11-12H2,1H3. The quantitative estimate of drug-likeness (QED) is 0.151. The van der Waals surface area contributed by atoms with E-state index < -0.39 is 11.8 Å². The van der Waals surface area contributed by atoms with Gasteiger partial charge in [0.25, 0.3) is 0 Å². The minimum atomic E-state index is -0.899. The first-order chi connectivity index (χ1) is 8.13. The summed E-state index contributed by atoms with van der Waals surface area (Å²) in [5, 5.41) is 28.4. The zero-order valence-electron chi connectivity index (χ0n) is 10.6. The van der Waals surface area contributed by atoms with E-state index in [0.717, 1.165) is 13.1 Å². The minimum Gasteiger partial charge on any atom is -0.393 e. The highest BCUT2D eigenvalue weighted by Gasteiger charge is 2.33. The van der Waals surface area contributed by atoms with Gasteiger partial charge in [0.2, 0.25) is 0 Å². The van der Waals surface area contributed by atoms with E-state index in [1.165, 1.54) is 0 Å². The Bertz CT molecular complexity index is 182. The van der Waals surface area contributed by atoms with E-state index >= 15 is 0 Å². The van der Waals surface area contributed by atoms with Crippen LogP contribution >= 0.6 is 0 Å². The van der Waals surface area contributed by atoms with Crippen LogP contribution in [0.1, 0.15) is 6.92 Å². The van der Waals surface area contributed by atoms with Gasteiger partial charge in [0.15, 0.2) is 0 Å². The number of aliphatic hydroxyl groups is 2. The Balaban J connectivity index is 4.08. The van der Waals surface area contributed by atoms with Crippen LogP contribution in [0.3, 0.4) is 0 Å². The molecule has 0 aliphatic heterocycles. The van der Waals surface area contributed by atoms with E-state index in [4.69, 9.17) is 11.5 Å². The molecule has 7 heteroatoms. The third kappa shape index (κ3) is 6.27. The first-order valence-corrected chi connectivity index (χ1v) is 6.02. The molecule has 0 aromatic carbocycles. The van der Waals surface area contributed by atoms with Gasteiger partial charge in [-0.15, -0.1) is 0 Å². The largest absolute Gasteiger partial charge is 0.393 e. The summed E-state index contributed by atoms with van der Waals surface area (Å²) in [7, 11) is 0. The first-order valence-electron chi connectivity index (χ1n) is 6.02. The lowest BCUT2D eigenvalue weighted by Gasteiger charge is -2.37. The lowest BCUT2D eigenvalue weighted by molar-refractivity contribution is 0.00840. The van der Waals surface area contributed by atoms with Crippen molar-refractivity contribution >= 4 is 0 Å². The van der Waals surface area contributed by atoms with Gasteiger partial charge < -0.3 is 27.0 Å². The molecule has 0 saturated carbocycles. The highest BCUT2D eigenvalue weighted by molar-refractivity contribution is 4.90. The van der Waals surface area contributed by atoms with E-state index in [-0.39, 0.29) is 6.61 Å². The summed E-state index contributed by atoms with van der Waals surface area (Å²) in [5.74, 6) is 0. The van der Waals surface area contributed by atoms with E-state index in [2.05, 4.69) is 16.0 Å². The molecule has 0 heterocycles. The highest BCUT2D eigenvalue weighted by Crippen LogP contribution is 2.05. The molecule has 2 unspecified atom stereocenters. The van der Waals surface area contributed by atoms with Crippen molar-refractivity contribution in [2.24, 2.45) is 11.5 Å². The van der Waals surface area contributed by atoms with Gasteiger partial charge in [-0.3, -0.25) is 10.6 Å². The van der Waals surface area contributed by atoms with Crippen LogP contribution in [-0.4, -0.2) is 67.9 Å². The van der Waals surface area contributed by atoms with E-state index in [1.54, 1.807) is 6.92 Å². The molecule has 2 atom stereocenters. The van der Waals surface area contributed by atoms with Crippen molar-refractivity contribution in [3.05, 3.63) is 0 Å². The molecule has 0 radical (unpaired) electrons. The zero-order chi connectivity index (χ0) is 13.1. The van der Waals surface area contributed by atoms with Crippen LogP contribution < -0.4 is 27.4 Å². The van der Waals surface area contributed by atoms with Crippen LogP contribution in [0.4, 0.5) is 0 Å². The molecule has 0 rings (SSSR count). The van der Waals surface area contributed by atoms with Crippen LogP contribution in [0.5, 0.6) is 0 Å². The molecule has 0 aliphatic carbocycles. The number of rotatable bonds is 11. The fourth-order valence-corrected chi connectivity index (χ4v) is 1.50. The molecule has 0 spiro atoms. The van der Waals surface area contributed by atoms with Crippen LogP contribution in [-0.2, 0) is 0 Å². The Kier molecular flexibility index (Phi) is 9.56. The van der Waals surface area contributed by atoms with Crippen molar-refractivity contribution < 1.29 is 10.2 Å². The topological polar surface area (TPSA) is 129 Å². The summed E-state index contributed by atoms with van der Waals surface area (Å²) in [6.07, 6.45) is -0.728. The van der Waals surface area contributed by atoms with Gasteiger partial charge in [-0.1, -0.05) is 0 Å².